The minimum absolute atomic E-state index is 0.226. The maximum Gasteiger partial charge on any atom is 0.338 e. The van der Waals surface area contributed by atoms with Crippen LogP contribution in [0.5, 0.6) is 0 Å². The minimum atomic E-state index is -0.485. The molecule has 1 aromatic carbocycles. The number of fused-ring (bicyclic) bond motifs is 1. The molecule has 1 fully saturated rings. The summed E-state index contributed by atoms with van der Waals surface area (Å²) in [5, 5.41) is 2.76. The van der Waals surface area contributed by atoms with Gasteiger partial charge in [-0.2, -0.15) is 0 Å². The molecule has 0 unspecified atom stereocenters. The third kappa shape index (κ3) is 2.90. The van der Waals surface area contributed by atoms with Crippen LogP contribution in [0.3, 0.4) is 0 Å². The molecule has 19 heavy (non-hydrogen) atoms. The fourth-order valence-electron chi connectivity index (χ4n) is 1.69. The van der Waals surface area contributed by atoms with Crippen molar-refractivity contribution in [1.82, 2.24) is 10.3 Å². The predicted octanol–water partition coefficient (Wildman–Crippen LogP) is 1.73. The van der Waals surface area contributed by atoms with Gasteiger partial charge in [-0.3, -0.25) is 4.79 Å². The Hall–Kier alpha value is -1.95. The largest absolute Gasteiger partial charge is 0.452 e. The summed E-state index contributed by atoms with van der Waals surface area (Å²) in [5.74, 6) is -0.726. The van der Waals surface area contributed by atoms with Gasteiger partial charge < -0.3 is 10.1 Å². The van der Waals surface area contributed by atoms with E-state index in [4.69, 9.17) is 4.74 Å². The van der Waals surface area contributed by atoms with Gasteiger partial charge in [0, 0.05) is 6.04 Å². The van der Waals surface area contributed by atoms with Crippen LogP contribution in [0.2, 0.25) is 0 Å². The topological polar surface area (TPSA) is 68.3 Å². The number of carbonyl (C=O) groups excluding carboxylic acids is 2. The number of esters is 1. The van der Waals surface area contributed by atoms with Gasteiger partial charge in [-0.15, -0.1) is 11.3 Å². The summed E-state index contributed by atoms with van der Waals surface area (Å²) in [7, 11) is 0. The highest BCUT2D eigenvalue weighted by Gasteiger charge is 2.23. The number of aromatic nitrogens is 1. The lowest BCUT2D eigenvalue weighted by atomic mass is 10.2. The van der Waals surface area contributed by atoms with E-state index < -0.39 is 5.97 Å². The molecule has 1 heterocycles. The van der Waals surface area contributed by atoms with Crippen molar-refractivity contribution < 1.29 is 14.3 Å². The van der Waals surface area contributed by atoms with E-state index >= 15 is 0 Å². The first-order valence-electron chi connectivity index (χ1n) is 6.02. The molecule has 1 aliphatic carbocycles. The second-order valence-electron chi connectivity index (χ2n) is 4.45. The number of nitrogens with zero attached hydrogens (tertiary/aromatic N) is 1. The van der Waals surface area contributed by atoms with E-state index in [0.29, 0.717) is 5.56 Å². The highest BCUT2D eigenvalue weighted by molar-refractivity contribution is 7.16. The molecule has 2 aromatic rings. The average molecular weight is 276 g/mol. The highest BCUT2D eigenvalue weighted by Crippen LogP contribution is 2.20. The number of amides is 1. The molecule has 0 aliphatic heterocycles. The average Bonchev–Trinajstić information content (AvgIpc) is 3.09. The Kier molecular flexibility index (Phi) is 3.16. The van der Waals surface area contributed by atoms with Gasteiger partial charge in [-0.05, 0) is 31.0 Å². The molecule has 1 aliphatic rings. The Bertz CT molecular complexity index is 634. The molecule has 3 rings (SSSR count). The number of rotatable bonds is 4. The predicted molar refractivity (Wildman–Crippen MR) is 71.1 cm³/mol. The third-order valence-corrected chi connectivity index (χ3v) is 3.64. The zero-order valence-electron chi connectivity index (χ0n) is 10.1. The smallest absolute Gasteiger partial charge is 0.338 e. The summed E-state index contributed by atoms with van der Waals surface area (Å²) < 4.78 is 5.90. The van der Waals surface area contributed by atoms with Crippen LogP contribution >= 0.6 is 11.3 Å². The zero-order chi connectivity index (χ0) is 13.2. The molecular formula is C13H12N2O3S. The van der Waals surface area contributed by atoms with Gasteiger partial charge in [-0.25, -0.2) is 9.78 Å². The number of thiazole rings is 1. The second-order valence-corrected chi connectivity index (χ2v) is 5.34. The number of benzene rings is 1. The van der Waals surface area contributed by atoms with Gasteiger partial charge in [-0.1, -0.05) is 0 Å². The van der Waals surface area contributed by atoms with Crippen LogP contribution in [0.1, 0.15) is 23.2 Å². The van der Waals surface area contributed by atoms with Gasteiger partial charge in [0.05, 0.1) is 21.3 Å². The molecule has 0 spiro atoms. The molecule has 1 N–H and O–H groups in total. The molecule has 1 amide bonds. The summed E-state index contributed by atoms with van der Waals surface area (Å²) in [5.41, 5.74) is 3.02. The van der Waals surface area contributed by atoms with Gasteiger partial charge >= 0.3 is 5.97 Å². The van der Waals surface area contributed by atoms with Crippen molar-refractivity contribution in [3.05, 3.63) is 29.3 Å². The first-order valence-corrected chi connectivity index (χ1v) is 6.90. The molecule has 1 aromatic heterocycles. The van der Waals surface area contributed by atoms with Crippen molar-refractivity contribution >= 4 is 33.4 Å². The van der Waals surface area contributed by atoms with Crippen molar-refractivity contribution in [2.45, 2.75) is 18.9 Å². The van der Waals surface area contributed by atoms with E-state index in [2.05, 4.69) is 10.3 Å². The van der Waals surface area contributed by atoms with Gasteiger partial charge in [0.15, 0.2) is 6.61 Å². The molecule has 0 radical (unpaired) electrons. The molecule has 6 heteroatoms. The summed E-state index contributed by atoms with van der Waals surface area (Å²) in [6.07, 6.45) is 2.03. The first kappa shape index (κ1) is 12.1. The standard InChI is InChI=1S/C13H12N2O3S/c16-12(15-9-2-3-9)6-18-13(17)8-1-4-10-11(5-8)19-7-14-10/h1,4-5,7,9H,2-3,6H2,(H,15,16). The summed E-state index contributed by atoms with van der Waals surface area (Å²) >= 11 is 1.46. The van der Waals surface area contributed by atoms with E-state index in [1.54, 1.807) is 23.7 Å². The van der Waals surface area contributed by atoms with Crippen molar-refractivity contribution in [2.24, 2.45) is 0 Å². The molecule has 0 bridgehead atoms. The monoisotopic (exact) mass is 276 g/mol. The van der Waals surface area contributed by atoms with E-state index in [1.807, 2.05) is 0 Å². The molecular weight excluding hydrogens is 264 g/mol. The van der Waals surface area contributed by atoms with Crippen LogP contribution in [0.4, 0.5) is 0 Å². The second kappa shape index (κ2) is 4.97. The number of ether oxygens (including phenoxy) is 1. The first-order chi connectivity index (χ1) is 9.22. The Morgan fingerprint density at radius 1 is 1.42 bits per heavy atom. The fourth-order valence-corrected chi connectivity index (χ4v) is 2.41. The van der Waals surface area contributed by atoms with Crippen molar-refractivity contribution in [3.63, 3.8) is 0 Å². The van der Waals surface area contributed by atoms with E-state index in [1.165, 1.54) is 11.3 Å². The summed E-state index contributed by atoms with van der Waals surface area (Å²) in [6.45, 7) is -0.226. The Morgan fingerprint density at radius 2 is 2.26 bits per heavy atom. The highest BCUT2D eigenvalue weighted by atomic mass is 32.1. The molecule has 98 valence electrons. The van der Waals surface area contributed by atoms with E-state index in [-0.39, 0.29) is 18.6 Å². The van der Waals surface area contributed by atoms with Gasteiger partial charge in [0.2, 0.25) is 0 Å². The lowest BCUT2D eigenvalue weighted by molar-refractivity contribution is -0.124. The van der Waals surface area contributed by atoms with Crippen molar-refractivity contribution in [3.8, 4) is 0 Å². The Labute approximate surface area is 113 Å². The Morgan fingerprint density at radius 3 is 3.05 bits per heavy atom. The Balaban J connectivity index is 1.60. The zero-order valence-corrected chi connectivity index (χ0v) is 10.9. The summed E-state index contributed by atoms with van der Waals surface area (Å²) in [6, 6.07) is 5.43. The quantitative estimate of drug-likeness (QED) is 0.864. The van der Waals surface area contributed by atoms with Crippen LogP contribution < -0.4 is 5.32 Å². The van der Waals surface area contributed by atoms with Crippen LogP contribution in [0.15, 0.2) is 23.7 Å². The molecule has 0 saturated heterocycles. The van der Waals surface area contributed by atoms with Crippen LogP contribution in [0, 0.1) is 0 Å². The van der Waals surface area contributed by atoms with E-state index in [9.17, 15) is 9.59 Å². The molecule has 1 saturated carbocycles. The van der Waals surface area contributed by atoms with Crippen molar-refractivity contribution in [2.75, 3.05) is 6.61 Å². The SMILES string of the molecule is O=C(COC(=O)c1ccc2ncsc2c1)NC1CC1. The van der Waals surface area contributed by atoms with Gasteiger partial charge in [0.25, 0.3) is 5.91 Å². The lowest BCUT2D eigenvalue weighted by Gasteiger charge is -2.05. The maximum atomic E-state index is 11.8. The third-order valence-electron chi connectivity index (χ3n) is 2.84. The normalized spacial score (nSPS) is 14.3. The maximum absolute atomic E-state index is 11.8. The number of carbonyl (C=O) groups is 2. The van der Waals surface area contributed by atoms with Crippen LogP contribution in [-0.2, 0) is 9.53 Å². The summed E-state index contributed by atoms with van der Waals surface area (Å²) in [4.78, 5) is 27.3. The molecule has 0 atom stereocenters. The number of hydrogen-bond donors (Lipinski definition) is 1. The number of nitrogens with one attached hydrogen (secondary N) is 1. The van der Waals surface area contributed by atoms with Crippen molar-refractivity contribution in [1.29, 1.82) is 0 Å². The van der Waals surface area contributed by atoms with E-state index in [0.717, 1.165) is 23.1 Å². The van der Waals surface area contributed by atoms with Gasteiger partial charge in [0.1, 0.15) is 0 Å². The fraction of sp³-hybridized carbons (Fsp3) is 0.308. The number of hydrogen-bond acceptors (Lipinski definition) is 5. The lowest BCUT2D eigenvalue weighted by Crippen LogP contribution is -2.30. The minimum Gasteiger partial charge on any atom is -0.452 e. The van der Waals surface area contributed by atoms with Crippen LogP contribution in [-0.4, -0.2) is 29.5 Å². The van der Waals surface area contributed by atoms with Crippen LogP contribution in [0.25, 0.3) is 10.2 Å². The molecule has 5 nitrogen and oxygen atoms in total.